The fourth-order valence-corrected chi connectivity index (χ4v) is 1.70. The van der Waals surface area contributed by atoms with Crippen LogP contribution in [0.4, 0.5) is 5.82 Å². The van der Waals surface area contributed by atoms with Gasteiger partial charge in [0.2, 0.25) is 0 Å². The lowest BCUT2D eigenvalue weighted by Crippen LogP contribution is -1.92. The normalized spacial score (nSPS) is 10.2. The largest absolute Gasteiger partial charge is 0.382 e. The summed E-state index contributed by atoms with van der Waals surface area (Å²) < 4.78 is 0. The van der Waals surface area contributed by atoms with E-state index in [1.807, 2.05) is 13.0 Å². The van der Waals surface area contributed by atoms with E-state index >= 15 is 0 Å². The van der Waals surface area contributed by atoms with Crippen molar-refractivity contribution in [1.29, 1.82) is 0 Å². The van der Waals surface area contributed by atoms with Gasteiger partial charge < -0.3 is 5.73 Å². The molecule has 0 aromatic carbocycles. The smallest absolute Gasteiger partial charge is 0.146 e. The zero-order chi connectivity index (χ0) is 9.26. The van der Waals surface area contributed by atoms with E-state index < -0.39 is 0 Å². The van der Waals surface area contributed by atoms with Crippen molar-refractivity contribution in [3.05, 3.63) is 23.3 Å². The molecule has 0 amide bonds. The molecule has 0 aliphatic carbocycles. The molecule has 5 heteroatoms. The summed E-state index contributed by atoms with van der Waals surface area (Å²) in [5.74, 6) is 0.435. The summed E-state index contributed by atoms with van der Waals surface area (Å²) in [6, 6.07) is 3.58. The van der Waals surface area contributed by atoms with Crippen molar-refractivity contribution in [2.24, 2.45) is 0 Å². The van der Waals surface area contributed by atoms with Gasteiger partial charge in [-0.1, -0.05) is 0 Å². The SMILES string of the molecule is Cc1ncc(-c2ccc(N)nn2)s1. The first kappa shape index (κ1) is 8.12. The highest BCUT2D eigenvalue weighted by Gasteiger charge is 2.02. The molecule has 0 spiro atoms. The molecule has 0 unspecified atom stereocenters. The molecule has 2 rings (SSSR count). The molecule has 0 aliphatic rings. The minimum Gasteiger partial charge on any atom is -0.382 e. The number of aromatic nitrogens is 3. The predicted molar refractivity (Wildman–Crippen MR) is 52.3 cm³/mol. The standard InChI is InChI=1S/C8H8N4S/c1-5-10-4-7(13-5)6-2-3-8(9)12-11-6/h2-4H,1H3,(H2,9,12). The lowest BCUT2D eigenvalue weighted by atomic mass is 10.3. The number of anilines is 1. The second-order valence-corrected chi connectivity index (χ2v) is 3.82. The van der Waals surface area contributed by atoms with Crippen LogP contribution in [0.1, 0.15) is 5.01 Å². The van der Waals surface area contributed by atoms with Crippen molar-refractivity contribution in [2.75, 3.05) is 5.73 Å². The van der Waals surface area contributed by atoms with Gasteiger partial charge in [0.05, 0.1) is 9.88 Å². The van der Waals surface area contributed by atoms with Gasteiger partial charge in [-0.3, -0.25) is 0 Å². The van der Waals surface area contributed by atoms with Gasteiger partial charge in [0.15, 0.2) is 0 Å². The average molecular weight is 192 g/mol. The van der Waals surface area contributed by atoms with Crippen LogP contribution >= 0.6 is 11.3 Å². The van der Waals surface area contributed by atoms with Crippen LogP contribution in [0.15, 0.2) is 18.3 Å². The summed E-state index contributed by atoms with van der Waals surface area (Å²) in [4.78, 5) is 5.15. The maximum Gasteiger partial charge on any atom is 0.146 e. The fraction of sp³-hybridized carbons (Fsp3) is 0.125. The van der Waals surface area contributed by atoms with Gasteiger partial charge in [-0.2, -0.15) is 0 Å². The highest BCUT2D eigenvalue weighted by molar-refractivity contribution is 7.15. The van der Waals surface area contributed by atoms with Crippen molar-refractivity contribution in [3.8, 4) is 10.6 Å². The van der Waals surface area contributed by atoms with Gasteiger partial charge in [0, 0.05) is 6.20 Å². The van der Waals surface area contributed by atoms with E-state index in [1.165, 1.54) is 0 Å². The Morgan fingerprint density at radius 1 is 1.31 bits per heavy atom. The van der Waals surface area contributed by atoms with Crippen molar-refractivity contribution < 1.29 is 0 Å². The lowest BCUT2D eigenvalue weighted by Gasteiger charge is -1.93. The summed E-state index contributed by atoms with van der Waals surface area (Å²) in [6.07, 6.45) is 1.79. The van der Waals surface area contributed by atoms with Crippen LogP contribution in [0.5, 0.6) is 0 Å². The molecule has 13 heavy (non-hydrogen) atoms. The Bertz CT molecular complexity index is 406. The quantitative estimate of drug-likeness (QED) is 0.743. The predicted octanol–water partition coefficient (Wildman–Crippen LogP) is 1.49. The Balaban J connectivity index is 2.41. The van der Waals surface area contributed by atoms with Gasteiger partial charge in [-0.05, 0) is 19.1 Å². The number of nitrogens with zero attached hydrogens (tertiary/aromatic N) is 3. The third-order valence-electron chi connectivity index (χ3n) is 1.56. The van der Waals surface area contributed by atoms with Gasteiger partial charge in [0.1, 0.15) is 11.5 Å². The molecule has 0 radical (unpaired) electrons. The minimum absolute atomic E-state index is 0.435. The Kier molecular flexibility index (Phi) is 1.94. The van der Waals surface area contributed by atoms with Gasteiger partial charge in [0.25, 0.3) is 0 Å². The van der Waals surface area contributed by atoms with Gasteiger partial charge >= 0.3 is 0 Å². The Morgan fingerprint density at radius 2 is 2.15 bits per heavy atom. The first-order chi connectivity index (χ1) is 6.25. The van der Waals surface area contributed by atoms with E-state index in [1.54, 1.807) is 23.6 Å². The van der Waals surface area contributed by atoms with Crippen molar-refractivity contribution in [2.45, 2.75) is 6.92 Å². The lowest BCUT2D eigenvalue weighted by molar-refractivity contribution is 1.05. The number of hydrogen-bond acceptors (Lipinski definition) is 5. The van der Waals surface area contributed by atoms with Crippen molar-refractivity contribution >= 4 is 17.2 Å². The molecule has 2 aromatic rings. The second-order valence-electron chi connectivity index (χ2n) is 2.59. The molecule has 4 nitrogen and oxygen atoms in total. The highest BCUT2D eigenvalue weighted by Crippen LogP contribution is 2.23. The molecule has 2 N–H and O–H groups in total. The van der Waals surface area contributed by atoms with E-state index in [0.717, 1.165) is 15.6 Å². The van der Waals surface area contributed by atoms with Gasteiger partial charge in [-0.25, -0.2) is 4.98 Å². The minimum atomic E-state index is 0.435. The maximum absolute atomic E-state index is 5.42. The third kappa shape index (κ3) is 1.65. The molecule has 2 aromatic heterocycles. The van der Waals surface area contributed by atoms with Crippen LogP contribution in [0.3, 0.4) is 0 Å². The average Bonchev–Trinajstić information content (AvgIpc) is 2.53. The van der Waals surface area contributed by atoms with Crippen LogP contribution < -0.4 is 5.73 Å². The van der Waals surface area contributed by atoms with Crippen molar-refractivity contribution in [3.63, 3.8) is 0 Å². The molecule has 0 atom stereocenters. The molecular weight excluding hydrogens is 184 g/mol. The van der Waals surface area contributed by atoms with E-state index in [2.05, 4.69) is 15.2 Å². The Hall–Kier alpha value is -1.49. The number of thiazole rings is 1. The van der Waals surface area contributed by atoms with Crippen LogP contribution in [0.25, 0.3) is 10.6 Å². The Morgan fingerprint density at radius 3 is 2.69 bits per heavy atom. The van der Waals surface area contributed by atoms with E-state index in [4.69, 9.17) is 5.73 Å². The fourth-order valence-electron chi connectivity index (χ4n) is 0.954. The van der Waals surface area contributed by atoms with Crippen LogP contribution in [0, 0.1) is 6.92 Å². The van der Waals surface area contributed by atoms with Crippen LogP contribution in [-0.4, -0.2) is 15.2 Å². The Labute approximate surface area is 79.5 Å². The molecule has 0 aliphatic heterocycles. The topological polar surface area (TPSA) is 64.7 Å². The highest BCUT2D eigenvalue weighted by atomic mass is 32.1. The van der Waals surface area contributed by atoms with Gasteiger partial charge in [-0.15, -0.1) is 21.5 Å². The molecule has 0 saturated heterocycles. The summed E-state index contributed by atoms with van der Waals surface area (Å²) in [6.45, 7) is 1.96. The third-order valence-corrected chi connectivity index (χ3v) is 2.49. The zero-order valence-corrected chi connectivity index (χ0v) is 7.88. The molecular formula is C8H8N4S. The monoisotopic (exact) mass is 192 g/mol. The van der Waals surface area contributed by atoms with Crippen LogP contribution in [0.2, 0.25) is 0 Å². The number of nitrogens with two attached hydrogens (primary N) is 1. The summed E-state index contributed by atoms with van der Waals surface area (Å²) in [7, 11) is 0. The molecule has 0 saturated carbocycles. The first-order valence-electron chi connectivity index (χ1n) is 3.78. The summed E-state index contributed by atoms with van der Waals surface area (Å²) in [5.41, 5.74) is 6.24. The van der Waals surface area contributed by atoms with E-state index in [0.29, 0.717) is 5.82 Å². The summed E-state index contributed by atoms with van der Waals surface area (Å²) >= 11 is 1.59. The van der Waals surface area contributed by atoms with E-state index in [9.17, 15) is 0 Å². The van der Waals surface area contributed by atoms with Crippen molar-refractivity contribution in [1.82, 2.24) is 15.2 Å². The number of hydrogen-bond donors (Lipinski definition) is 1. The zero-order valence-electron chi connectivity index (χ0n) is 7.06. The molecule has 2 heterocycles. The number of nitrogen functional groups attached to an aromatic ring is 1. The van der Waals surface area contributed by atoms with Crippen LogP contribution in [-0.2, 0) is 0 Å². The summed E-state index contributed by atoms with van der Waals surface area (Å²) in [5, 5.41) is 8.75. The number of rotatable bonds is 1. The molecule has 66 valence electrons. The number of aryl methyl sites for hydroxylation is 1. The second kappa shape index (κ2) is 3.10. The molecule has 0 fully saturated rings. The maximum atomic E-state index is 5.42. The van der Waals surface area contributed by atoms with E-state index in [-0.39, 0.29) is 0 Å². The first-order valence-corrected chi connectivity index (χ1v) is 4.59. The molecule has 0 bridgehead atoms.